The third-order valence-electron chi connectivity index (χ3n) is 5.54. The minimum Gasteiger partial charge on any atom is -0.354 e. The molecule has 7 heteroatoms. The topological polar surface area (TPSA) is 67.2 Å². The van der Waals surface area contributed by atoms with Gasteiger partial charge in [-0.05, 0) is 43.3 Å². The van der Waals surface area contributed by atoms with E-state index in [1.807, 2.05) is 42.5 Å². The molecule has 1 N–H and O–H groups in total. The minimum atomic E-state index is -0.0775. The van der Waals surface area contributed by atoms with E-state index in [-0.39, 0.29) is 17.5 Å². The highest BCUT2D eigenvalue weighted by molar-refractivity contribution is 6.31. The summed E-state index contributed by atoms with van der Waals surface area (Å²) in [5.41, 5.74) is 1.62. The van der Waals surface area contributed by atoms with E-state index in [2.05, 4.69) is 29.0 Å². The Hall–Kier alpha value is -2.70. The van der Waals surface area contributed by atoms with Gasteiger partial charge in [0.2, 0.25) is 5.91 Å². The van der Waals surface area contributed by atoms with Crippen LogP contribution in [0.15, 0.2) is 59.7 Å². The molecule has 1 atom stereocenters. The second kappa shape index (κ2) is 11.1. The molecule has 0 spiro atoms. The molecule has 3 rings (SSSR count). The number of benzene rings is 2. The maximum atomic E-state index is 12.6. The van der Waals surface area contributed by atoms with Crippen LogP contribution in [-0.4, -0.2) is 40.0 Å². The number of amides is 1. The molecule has 0 aliphatic rings. The molecule has 1 heterocycles. The summed E-state index contributed by atoms with van der Waals surface area (Å²) in [4.78, 5) is 31.6. The summed E-state index contributed by atoms with van der Waals surface area (Å²) in [6.07, 6.45) is 2.46. The smallest absolute Gasteiger partial charge is 0.261 e. The molecule has 164 valence electrons. The number of carbonyl (C=O) groups is 1. The summed E-state index contributed by atoms with van der Waals surface area (Å²) in [7, 11) is 0. The number of fused-ring (bicyclic) bond motifs is 1. The number of hydrogen-bond donors (Lipinski definition) is 1. The van der Waals surface area contributed by atoms with Gasteiger partial charge in [0.1, 0.15) is 0 Å². The van der Waals surface area contributed by atoms with E-state index in [9.17, 15) is 9.59 Å². The molecular weight excluding hydrogens is 412 g/mol. The minimum absolute atomic E-state index is 0.0138. The van der Waals surface area contributed by atoms with Crippen molar-refractivity contribution in [3.63, 3.8) is 0 Å². The number of nitrogens with zero attached hydrogens (tertiary/aromatic N) is 3. The van der Waals surface area contributed by atoms with Gasteiger partial charge >= 0.3 is 0 Å². The number of halogens is 1. The van der Waals surface area contributed by atoms with Crippen LogP contribution in [-0.2, 0) is 11.3 Å². The van der Waals surface area contributed by atoms with Crippen LogP contribution in [0, 0.1) is 0 Å². The zero-order valence-corrected chi connectivity index (χ0v) is 18.8. The molecule has 0 bridgehead atoms. The lowest BCUT2D eigenvalue weighted by molar-refractivity contribution is -0.121. The van der Waals surface area contributed by atoms with Gasteiger partial charge in [-0.3, -0.25) is 19.1 Å². The van der Waals surface area contributed by atoms with Crippen molar-refractivity contribution in [2.45, 2.75) is 39.3 Å². The highest BCUT2D eigenvalue weighted by Gasteiger charge is 2.21. The van der Waals surface area contributed by atoms with E-state index in [1.165, 1.54) is 0 Å². The van der Waals surface area contributed by atoms with Gasteiger partial charge in [0.15, 0.2) is 0 Å². The van der Waals surface area contributed by atoms with Crippen molar-refractivity contribution in [3.05, 3.63) is 75.8 Å². The summed E-state index contributed by atoms with van der Waals surface area (Å²) < 4.78 is 1.57. The van der Waals surface area contributed by atoms with Gasteiger partial charge in [-0.1, -0.05) is 55.8 Å². The summed E-state index contributed by atoms with van der Waals surface area (Å²) in [6.45, 7) is 6.87. The Labute approximate surface area is 187 Å². The van der Waals surface area contributed by atoms with E-state index >= 15 is 0 Å². The maximum Gasteiger partial charge on any atom is 0.261 e. The van der Waals surface area contributed by atoms with Crippen molar-refractivity contribution in [3.8, 4) is 0 Å². The normalized spacial score (nSPS) is 12.3. The molecule has 0 aliphatic heterocycles. The molecule has 1 amide bonds. The first kappa shape index (κ1) is 23.0. The van der Waals surface area contributed by atoms with Crippen LogP contribution in [0.1, 0.15) is 38.3 Å². The zero-order chi connectivity index (χ0) is 22.2. The van der Waals surface area contributed by atoms with Crippen molar-refractivity contribution in [2.75, 3.05) is 19.6 Å². The zero-order valence-electron chi connectivity index (χ0n) is 18.1. The van der Waals surface area contributed by atoms with Crippen LogP contribution in [0.3, 0.4) is 0 Å². The van der Waals surface area contributed by atoms with Crippen molar-refractivity contribution in [2.24, 2.45) is 0 Å². The Bertz CT molecular complexity index is 1080. The van der Waals surface area contributed by atoms with Crippen LogP contribution in [0.5, 0.6) is 0 Å². The molecule has 6 nitrogen and oxygen atoms in total. The van der Waals surface area contributed by atoms with Crippen LogP contribution >= 0.6 is 11.6 Å². The Morgan fingerprint density at radius 3 is 2.58 bits per heavy atom. The van der Waals surface area contributed by atoms with E-state index < -0.39 is 0 Å². The number of likely N-dealkylation sites (N-methyl/N-ethyl adjacent to an activating group) is 1. The molecule has 0 aliphatic carbocycles. The Balaban J connectivity index is 1.58. The number of rotatable bonds is 10. The molecule has 0 saturated carbocycles. The molecule has 1 unspecified atom stereocenters. The van der Waals surface area contributed by atoms with Gasteiger partial charge in [0.05, 0.1) is 23.3 Å². The fourth-order valence-corrected chi connectivity index (χ4v) is 4.08. The molecule has 0 radical (unpaired) electrons. The van der Waals surface area contributed by atoms with Crippen LogP contribution in [0.2, 0.25) is 5.02 Å². The number of hydrogen-bond acceptors (Lipinski definition) is 4. The van der Waals surface area contributed by atoms with Gasteiger partial charge in [-0.25, -0.2) is 4.98 Å². The second-order valence-corrected chi connectivity index (χ2v) is 7.83. The highest BCUT2D eigenvalue weighted by Crippen LogP contribution is 2.27. The first-order chi connectivity index (χ1) is 15.0. The second-order valence-electron chi connectivity index (χ2n) is 7.43. The largest absolute Gasteiger partial charge is 0.354 e. The van der Waals surface area contributed by atoms with E-state index in [1.54, 1.807) is 17.0 Å². The van der Waals surface area contributed by atoms with Crippen LogP contribution in [0.4, 0.5) is 0 Å². The number of carbonyl (C=O) groups excluding carboxylic acids is 1. The molecule has 0 fully saturated rings. The third-order valence-corrected chi connectivity index (χ3v) is 5.89. The van der Waals surface area contributed by atoms with Crippen molar-refractivity contribution in [1.29, 1.82) is 0 Å². The number of nitrogens with one attached hydrogen (secondary N) is 1. The van der Waals surface area contributed by atoms with Crippen LogP contribution in [0.25, 0.3) is 10.9 Å². The highest BCUT2D eigenvalue weighted by atomic mass is 35.5. The maximum absolute atomic E-state index is 12.6. The SMILES string of the molecule is CCN(CC)C(CNC(=O)CCCn1cnc2ccccc2c1=O)c1ccccc1Cl. The summed E-state index contributed by atoms with van der Waals surface area (Å²) in [6, 6.07) is 15.1. The third kappa shape index (κ3) is 5.71. The van der Waals surface area contributed by atoms with Crippen molar-refractivity contribution >= 4 is 28.4 Å². The van der Waals surface area contributed by atoms with Gasteiger partial charge in [-0.2, -0.15) is 0 Å². The average Bonchev–Trinajstić information content (AvgIpc) is 2.79. The lowest BCUT2D eigenvalue weighted by atomic mass is 10.0. The van der Waals surface area contributed by atoms with Crippen molar-refractivity contribution < 1.29 is 4.79 Å². The molecular formula is C24H29ClN4O2. The van der Waals surface area contributed by atoms with Gasteiger partial charge < -0.3 is 5.32 Å². The van der Waals surface area contributed by atoms with Crippen molar-refractivity contribution in [1.82, 2.24) is 19.8 Å². The fraction of sp³-hybridized carbons (Fsp3) is 0.375. The Kier molecular flexibility index (Phi) is 8.20. The monoisotopic (exact) mass is 440 g/mol. The van der Waals surface area contributed by atoms with Gasteiger partial charge in [-0.15, -0.1) is 0 Å². The molecule has 3 aromatic rings. The fourth-order valence-electron chi connectivity index (χ4n) is 3.82. The van der Waals surface area contributed by atoms with Crippen LogP contribution < -0.4 is 10.9 Å². The van der Waals surface area contributed by atoms with Gasteiger partial charge in [0, 0.05) is 24.5 Å². The summed E-state index contributed by atoms with van der Waals surface area (Å²) >= 11 is 6.42. The number of para-hydroxylation sites is 1. The number of aryl methyl sites for hydroxylation is 1. The Morgan fingerprint density at radius 2 is 1.84 bits per heavy atom. The predicted octanol–water partition coefficient (Wildman–Crippen LogP) is 4.03. The standard InChI is InChI=1S/C24H29ClN4O2/c1-3-28(4-2)22(18-10-5-7-12-20(18)25)16-26-23(30)14-9-15-29-17-27-21-13-8-6-11-19(21)24(29)31/h5-8,10-13,17,22H,3-4,9,14-16H2,1-2H3,(H,26,30). The summed E-state index contributed by atoms with van der Waals surface area (Å²) in [5.74, 6) is -0.0361. The molecule has 31 heavy (non-hydrogen) atoms. The first-order valence-electron chi connectivity index (χ1n) is 10.7. The molecule has 2 aromatic carbocycles. The van der Waals surface area contributed by atoms with E-state index in [4.69, 9.17) is 11.6 Å². The predicted molar refractivity (Wildman–Crippen MR) is 125 cm³/mol. The Morgan fingerprint density at radius 1 is 1.13 bits per heavy atom. The summed E-state index contributed by atoms with van der Waals surface area (Å²) in [5, 5.41) is 4.34. The lowest BCUT2D eigenvalue weighted by Gasteiger charge is -2.31. The van der Waals surface area contributed by atoms with E-state index in [0.29, 0.717) is 41.9 Å². The lowest BCUT2D eigenvalue weighted by Crippen LogP contribution is -2.38. The average molecular weight is 441 g/mol. The molecule has 0 saturated heterocycles. The molecule has 1 aromatic heterocycles. The number of aromatic nitrogens is 2. The first-order valence-corrected chi connectivity index (χ1v) is 11.1. The van der Waals surface area contributed by atoms with E-state index in [0.717, 1.165) is 18.7 Å². The quantitative estimate of drug-likeness (QED) is 0.516. The van der Waals surface area contributed by atoms with Gasteiger partial charge in [0.25, 0.3) is 5.56 Å².